The second-order valence-electron chi connectivity index (χ2n) is 6.54. The smallest absolute Gasteiger partial charge is 0.322 e. The number of carbonyl (C=O) groups is 1. The average molecular weight is 383 g/mol. The molecular formula is C20H21N3O3S. The third-order valence-electron chi connectivity index (χ3n) is 4.56. The van der Waals surface area contributed by atoms with Gasteiger partial charge in [0, 0.05) is 23.2 Å². The second kappa shape index (κ2) is 7.92. The van der Waals surface area contributed by atoms with Gasteiger partial charge in [0.25, 0.3) is 0 Å². The lowest BCUT2D eigenvalue weighted by Crippen LogP contribution is -2.34. The Labute approximate surface area is 161 Å². The summed E-state index contributed by atoms with van der Waals surface area (Å²) in [5.74, 6) is 2.48. The number of carbonyl (C=O) groups excluding carboxylic acids is 1. The van der Waals surface area contributed by atoms with Crippen molar-refractivity contribution in [2.75, 3.05) is 11.9 Å². The molecule has 0 spiro atoms. The van der Waals surface area contributed by atoms with Crippen LogP contribution in [0.5, 0.6) is 0 Å². The topological polar surface area (TPSA) is 71.5 Å². The number of nitrogens with one attached hydrogen (secondary N) is 1. The lowest BCUT2D eigenvalue weighted by Gasteiger charge is -2.23. The van der Waals surface area contributed by atoms with Gasteiger partial charge >= 0.3 is 6.03 Å². The zero-order valence-corrected chi connectivity index (χ0v) is 15.9. The zero-order valence-electron chi connectivity index (χ0n) is 15.1. The Morgan fingerprint density at radius 2 is 2.19 bits per heavy atom. The van der Waals surface area contributed by atoms with Gasteiger partial charge in [-0.05, 0) is 56.2 Å². The molecule has 1 N–H and O–H groups in total. The number of hydrogen-bond donors (Lipinski definition) is 1. The summed E-state index contributed by atoms with van der Waals surface area (Å²) in [6, 6.07) is 13.5. The van der Waals surface area contributed by atoms with Crippen molar-refractivity contribution in [3.05, 3.63) is 65.9 Å². The van der Waals surface area contributed by atoms with E-state index in [1.807, 2.05) is 54.3 Å². The summed E-state index contributed by atoms with van der Waals surface area (Å²) in [5.41, 5.74) is 1.61. The summed E-state index contributed by atoms with van der Waals surface area (Å²) in [6.45, 7) is 2.60. The summed E-state index contributed by atoms with van der Waals surface area (Å²) in [5, 5.41) is 6.93. The van der Waals surface area contributed by atoms with Crippen molar-refractivity contribution in [1.82, 2.24) is 10.1 Å². The first-order valence-electron chi connectivity index (χ1n) is 8.95. The van der Waals surface area contributed by atoms with E-state index in [0.717, 1.165) is 46.4 Å². The highest BCUT2D eigenvalue weighted by Crippen LogP contribution is 2.33. The number of furan rings is 1. The van der Waals surface area contributed by atoms with E-state index in [-0.39, 0.29) is 12.1 Å². The molecule has 1 saturated heterocycles. The van der Waals surface area contributed by atoms with E-state index in [0.29, 0.717) is 6.54 Å². The average Bonchev–Trinajstić information content (AvgIpc) is 3.42. The molecule has 1 atom stereocenters. The van der Waals surface area contributed by atoms with Crippen molar-refractivity contribution >= 4 is 23.5 Å². The van der Waals surface area contributed by atoms with Crippen molar-refractivity contribution in [3.63, 3.8) is 0 Å². The Morgan fingerprint density at radius 1 is 1.33 bits per heavy atom. The number of aryl methyl sites for hydroxylation is 1. The normalized spacial score (nSPS) is 16.6. The minimum atomic E-state index is -0.109. The summed E-state index contributed by atoms with van der Waals surface area (Å²) >= 11 is 1.69. The molecule has 0 saturated carbocycles. The van der Waals surface area contributed by atoms with Gasteiger partial charge in [-0.2, -0.15) is 0 Å². The van der Waals surface area contributed by atoms with Gasteiger partial charge in [0.2, 0.25) is 0 Å². The van der Waals surface area contributed by atoms with Crippen LogP contribution in [-0.2, 0) is 5.75 Å². The van der Waals surface area contributed by atoms with Crippen LogP contribution in [0.2, 0.25) is 0 Å². The summed E-state index contributed by atoms with van der Waals surface area (Å²) in [6.07, 6.45) is 3.53. The van der Waals surface area contributed by atoms with Gasteiger partial charge in [0.15, 0.2) is 5.76 Å². The molecule has 27 heavy (non-hydrogen) atoms. The minimum Gasteiger partial charge on any atom is -0.468 e. The van der Waals surface area contributed by atoms with E-state index >= 15 is 0 Å². The summed E-state index contributed by atoms with van der Waals surface area (Å²) < 4.78 is 10.7. The quantitative estimate of drug-likeness (QED) is 0.610. The highest BCUT2D eigenvalue weighted by atomic mass is 32.2. The predicted octanol–water partition coefficient (Wildman–Crippen LogP) is 5.24. The van der Waals surface area contributed by atoms with E-state index in [2.05, 4.69) is 10.5 Å². The minimum absolute atomic E-state index is 0.0469. The molecule has 4 rings (SSSR count). The molecular weight excluding hydrogens is 362 g/mol. The Hall–Kier alpha value is -2.67. The van der Waals surface area contributed by atoms with Gasteiger partial charge in [0.05, 0.1) is 23.8 Å². The van der Waals surface area contributed by atoms with E-state index < -0.39 is 0 Å². The fourth-order valence-electron chi connectivity index (χ4n) is 3.22. The standard InChI is InChI=1S/C20H21N3O3S/c1-14-12-19(26-22-14)18-5-2-10-23(18)20(24)21-15-6-8-17(9-7-15)27-13-16-4-3-11-25-16/h3-4,6-9,11-12,18H,2,5,10,13H2,1H3,(H,21,24)/t18-/m1/s1. The highest BCUT2D eigenvalue weighted by molar-refractivity contribution is 7.98. The molecule has 2 amide bonds. The number of nitrogens with zero attached hydrogens (tertiary/aromatic N) is 2. The molecule has 0 bridgehead atoms. The van der Waals surface area contributed by atoms with Crippen LogP contribution < -0.4 is 5.32 Å². The lowest BCUT2D eigenvalue weighted by molar-refractivity contribution is 0.195. The van der Waals surface area contributed by atoms with Crippen molar-refractivity contribution in [3.8, 4) is 0 Å². The molecule has 1 fully saturated rings. The first-order chi connectivity index (χ1) is 13.2. The first-order valence-corrected chi connectivity index (χ1v) is 9.94. The maximum Gasteiger partial charge on any atom is 0.322 e. The van der Waals surface area contributed by atoms with E-state index in [9.17, 15) is 4.79 Å². The Bertz CT molecular complexity index is 890. The largest absolute Gasteiger partial charge is 0.468 e. The molecule has 3 heterocycles. The maximum absolute atomic E-state index is 12.7. The van der Waals surface area contributed by atoms with Crippen molar-refractivity contribution < 1.29 is 13.7 Å². The van der Waals surface area contributed by atoms with Crippen LogP contribution in [0.1, 0.15) is 36.1 Å². The molecule has 6 nitrogen and oxygen atoms in total. The van der Waals surface area contributed by atoms with Gasteiger partial charge in [-0.1, -0.05) is 5.16 Å². The number of amides is 2. The molecule has 0 aliphatic carbocycles. The monoisotopic (exact) mass is 383 g/mol. The van der Waals surface area contributed by atoms with E-state index in [1.54, 1.807) is 18.0 Å². The Balaban J connectivity index is 1.36. The van der Waals surface area contributed by atoms with E-state index in [4.69, 9.17) is 8.94 Å². The zero-order chi connectivity index (χ0) is 18.6. The molecule has 0 unspecified atom stereocenters. The van der Waals surface area contributed by atoms with Gasteiger partial charge in [-0.3, -0.25) is 0 Å². The molecule has 2 aromatic heterocycles. The molecule has 7 heteroatoms. The third-order valence-corrected chi connectivity index (χ3v) is 5.59. The summed E-state index contributed by atoms with van der Waals surface area (Å²) in [4.78, 5) is 15.7. The molecule has 1 aromatic carbocycles. The number of urea groups is 1. The van der Waals surface area contributed by atoms with Gasteiger partial charge in [-0.15, -0.1) is 11.8 Å². The van der Waals surface area contributed by atoms with Crippen molar-refractivity contribution in [2.45, 2.75) is 36.5 Å². The molecule has 3 aromatic rings. The molecule has 0 radical (unpaired) electrons. The van der Waals surface area contributed by atoms with Crippen LogP contribution in [0.25, 0.3) is 0 Å². The number of rotatable bonds is 5. The van der Waals surface area contributed by atoms with Gasteiger partial charge in [-0.25, -0.2) is 4.79 Å². The fraction of sp³-hybridized carbons (Fsp3) is 0.300. The van der Waals surface area contributed by atoms with Crippen LogP contribution in [-0.4, -0.2) is 22.6 Å². The number of hydrogen-bond acceptors (Lipinski definition) is 5. The number of benzene rings is 1. The van der Waals surface area contributed by atoms with Crippen molar-refractivity contribution in [1.29, 1.82) is 0 Å². The second-order valence-corrected chi connectivity index (χ2v) is 7.59. The van der Waals surface area contributed by atoms with Gasteiger partial charge in [0.1, 0.15) is 5.76 Å². The van der Waals surface area contributed by atoms with Gasteiger partial charge < -0.3 is 19.2 Å². The third kappa shape index (κ3) is 4.19. The number of thioether (sulfide) groups is 1. The fourth-order valence-corrected chi connectivity index (χ4v) is 4.03. The van der Waals surface area contributed by atoms with E-state index in [1.165, 1.54) is 0 Å². The Kier molecular flexibility index (Phi) is 5.20. The number of aromatic nitrogens is 1. The van der Waals surface area contributed by atoms with Crippen molar-refractivity contribution in [2.24, 2.45) is 0 Å². The predicted molar refractivity (Wildman–Crippen MR) is 104 cm³/mol. The summed E-state index contributed by atoms with van der Waals surface area (Å²) in [7, 11) is 0. The van der Waals surface area contributed by atoms with Crippen LogP contribution in [0, 0.1) is 6.92 Å². The first kappa shape index (κ1) is 17.7. The van der Waals surface area contributed by atoms with Crippen LogP contribution in [0.15, 0.2) is 62.6 Å². The lowest BCUT2D eigenvalue weighted by atomic mass is 10.1. The maximum atomic E-state index is 12.7. The number of anilines is 1. The molecule has 1 aliphatic rings. The van der Waals surface area contributed by atoms with Crippen LogP contribution >= 0.6 is 11.8 Å². The SMILES string of the molecule is Cc1cc([C@H]2CCCN2C(=O)Nc2ccc(SCc3ccco3)cc2)on1. The Morgan fingerprint density at radius 3 is 2.89 bits per heavy atom. The molecule has 140 valence electrons. The highest BCUT2D eigenvalue weighted by Gasteiger charge is 2.32. The van der Waals surface area contributed by atoms with Crippen LogP contribution in [0.4, 0.5) is 10.5 Å². The van der Waals surface area contributed by atoms with Crippen LogP contribution in [0.3, 0.4) is 0 Å². The number of likely N-dealkylation sites (tertiary alicyclic amines) is 1. The molecule has 1 aliphatic heterocycles.